The van der Waals surface area contributed by atoms with Crippen molar-refractivity contribution in [2.75, 3.05) is 39.9 Å². The minimum atomic E-state index is 0.0696. The Balaban J connectivity index is 1.76. The molecule has 0 spiro atoms. The third-order valence-electron chi connectivity index (χ3n) is 5.11. The lowest BCUT2D eigenvalue weighted by molar-refractivity contribution is 0.107. The van der Waals surface area contributed by atoms with Crippen LogP contribution in [0.3, 0.4) is 0 Å². The van der Waals surface area contributed by atoms with Gasteiger partial charge in [0, 0.05) is 52.0 Å². The molecule has 0 saturated heterocycles. The first-order chi connectivity index (χ1) is 12.6. The number of rotatable bonds is 9. The predicted molar refractivity (Wildman–Crippen MR) is 110 cm³/mol. The molecule has 1 aliphatic rings. The van der Waals surface area contributed by atoms with Crippen molar-refractivity contribution in [3.8, 4) is 0 Å². The average molecular weight is 361 g/mol. The topological polar surface area (TPSA) is 48.9 Å². The summed E-state index contributed by atoms with van der Waals surface area (Å²) in [6, 6.07) is 8.80. The summed E-state index contributed by atoms with van der Waals surface area (Å²) in [5.74, 6) is 0.881. The molecule has 0 fully saturated rings. The molecule has 0 unspecified atom stereocenters. The van der Waals surface area contributed by atoms with Gasteiger partial charge in [0.2, 0.25) is 0 Å². The molecular weight excluding hydrogens is 324 g/mol. The third kappa shape index (κ3) is 6.29. The van der Waals surface area contributed by atoms with Crippen LogP contribution in [0.25, 0.3) is 0 Å². The van der Waals surface area contributed by atoms with Crippen LogP contribution in [-0.4, -0.2) is 56.3 Å². The zero-order valence-corrected chi connectivity index (χ0v) is 17.0. The first-order valence-corrected chi connectivity index (χ1v) is 9.91. The Labute approximate surface area is 159 Å². The minimum absolute atomic E-state index is 0.0696. The van der Waals surface area contributed by atoms with Crippen molar-refractivity contribution in [2.24, 2.45) is 4.99 Å². The van der Waals surface area contributed by atoms with Gasteiger partial charge in [0.15, 0.2) is 5.96 Å². The number of fused-ring (bicyclic) bond motifs is 1. The van der Waals surface area contributed by atoms with E-state index in [1.807, 2.05) is 14.0 Å². The number of aliphatic imine (C=N–C) groups is 1. The molecule has 5 heteroatoms. The van der Waals surface area contributed by atoms with Crippen LogP contribution in [0.2, 0.25) is 0 Å². The van der Waals surface area contributed by atoms with Gasteiger partial charge in [0.25, 0.3) is 0 Å². The molecule has 0 bridgehead atoms. The molecule has 26 heavy (non-hydrogen) atoms. The molecule has 0 aromatic heterocycles. The Hall–Kier alpha value is -1.59. The van der Waals surface area contributed by atoms with E-state index >= 15 is 0 Å². The highest BCUT2D eigenvalue weighted by Gasteiger charge is 2.29. The quantitative estimate of drug-likeness (QED) is 0.404. The molecule has 2 rings (SSSR count). The highest BCUT2D eigenvalue weighted by atomic mass is 16.5. The zero-order valence-electron chi connectivity index (χ0n) is 17.0. The Morgan fingerprint density at radius 1 is 1.19 bits per heavy atom. The maximum Gasteiger partial charge on any atom is 0.191 e. The van der Waals surface area contributed by atoms with Crippen LogP contribution < -0.4 is 10.6 Å². The molecule has 1 aliphatic heterocycles. The van der Waals surface area contributed by atoms with E-state index in [0.29, 0.717) is 0 Å². The van der Waals surface area contributed by atoms with Gasteiger partial charge < -0.3 is 15.4 Å². The summed E-state index contributed by atoms with van der Waals surface area (Å²) in [5.41, 5.74) is 3.03. The Bertz CT molecular complexity index is 571. The summed E-state index contributed by atoms with van der Waals surface area (Å²) in [6.45, 7) is 12.2. The minimum Gasteiger partial charge on any atom is -0.382 e. The fourth-order valence-electron chi connectivity index (χ4n) is 3.33. The van der Waals surface area contributed by atoms with Crippen molar-refractivity contribution in [3.63, 3.8) is 0 Å². The standard InChI is InChI=1S/C21H36N4O/c1-5-26-15-9-8-13-23-20(22-4)24-17-21(2,3)25-14-12-18-10-6-7-11-19(18)16-25/h6-7,10-11H,5,8-9,12-17H2,1-4H3,(H2,22,23,24). The lowest BCUT2D eigenvalue weighted by atomic mass is 9.94. The fraction of sp³-hybridized carbons (Fsp3) is 0.667. The number of ether oxygens (including phenoxy) is 1. The van der Waals surface area contributed by atoms with Gasteiger partial charge in [-0.2, -0.15) is 0 Å². The van der Waals surface area contributed by atoms with E-state index < -0.39 is 0 Å². The molecule has 1 aromatic rings. The van der Waals surface area contributed by atoms with Crippen molar-refractivity contribution in [1.82, 2.24) is 15.5 Å². The molecule has 0 amide bonds. The Morgan fingerprint density at radius 3 is 2.69 bits per heavy atom. The number of nitrogens with one attached hydrogen (secondary N) is 2. The SMILES string of the molecule is CCOCCCCNC(=NC)NCC(C)(C)N1CCc2ccccc2C1. The number of hydrogen-bond donors (Lipinski definition) is 2. The number of unbranched alkanes of at least 4 members (excludes halogenated alkanes) is 1. The van der Waals surface area contributed by atoms with E-state index in [9.17, 15) is 0 Å². The number of nitrogens with zero attached hydrogens (tertiary/aromatic N) is 2. The van der Waals surface area contributed by atoms with Gasteiger partial charge >= 0.3 is 0 Å². The monoisotopic (exact) mass is 360 g/mol. The van der Waals surface area contributed by atoms with Crippen molar-refractivity contribution in [2.45, 2.75) is 52.1 Å². The van der Waals surface area contributed by atoms with Crippen LogP contribution in [0.5, 0.6) is 0 Å². The number of guanidine groups is 1. The summed E-state index contributed by atoms with van der Waals surface area (Å²) in [4.78, 5) is 6.92. The summed E-state index contributed by atoms with van der Waals surface area (Å²) >= 11 is 0. The molecule has 2 N–H and O–H groups in total. The lowest BCUT2D eigenvalue weighted by Crippen LogP contribution is -2.54. The molecule has 1 aromatic carbocycles. The van der Waals surface area contributed by atoms with Crippen LogP contribution in [0.4, 0.5) is 0 Å². The Kier molecular flexibility index (Phi) is 8.39. The Morgan fingerprint density at radius 2 is 1.96 bits per heavy atom. The maximum atomic E-state index is 5.37. The molecule has 5 nitrogen and oxygen atoms in total. The first-order valence-electron chi connectivity index (χ1n) is 9.91. The van der Waals surface area contributed by atoms with Crippen molar-refractivity contribution < 1.29 is 4.74 Å². The van der Waals surface area contributed by atoms with E-state index in [0.717, 1.165) is 64.6 Å². The van der Waals surface area contributed by atoms with Gasteiger partial charge in [0.05, 0.1) is 0 Å². The van der Waals surface area contributed by atoms with Crippen LogP contribution in [-0.2, 0) is 17.7 Å². The van der Waals surface area contributed by atoms with Gasteiger partial charge in [-0.15, -0.1) is 0 Å². The van der Waals surface area contributed by atoms with Crippen molar-refractivity contribution in [1.29, 1.82) is 0 Å². The van der Waals surface area contributed by atoms with Crippen LogP contribution >= 0.6 is 0 Å². The average Bonchev–Trinajstić information content (AvgIpc) is 2.66. The van der Waals surface area contributed by atoms with Gasteiger partial charge in [0.1, 0.15) is 0 Å². The summed E-state index contributed by atoms with van der Waals surface area (Å²) < 4.78 is 5.37. The molecule has 0 radical (unpaired) electrons. The molecular formula is C21H36N4O. The van der Waals surface area contributed by atoms with E-state index in [2.05, 4.69) is 58.6 Å². The van der Waals surface area contributed by atoms with E-state index in [1.54, 1.807) is 0 Å². The largest absolute Gasteiger partial charge is 0.382 e. The summed E-state index contributed by atoms with van der Waals surface area (Å²) in [7, 11) is 1.83. The first kappa shape index (κ1) is 20.7. The molecule has 146 valence electrons. The van der Waals surface area contributed by atoms with E-state index in [1.165, 1.54) is 11.1 Å². The van der Waals surface area contributed by atoms with Crippen LogP contribution in [0.15, 0.2) is 29.3 Å². The van der Waals surface area contributed by atoms with Crippen molar-refractivity contribution >= 4 is 5.96 Å². The van der Waals surface area contributed by atoms with E-state index in [4.69, 9.17) is 4.74 Å². The molecule has 0 aliphatic carbocycles. The summed E-state index contributed by atoms with van der Waals surface area (Å²) in [6.07, 6.45) is 3.30. The lowest BCUT2D eigenvalue weighted by Gasteiger charge is -2.42. The smallest absolute Gasteiger partial charge is 0.191 e. The van der Waals surface area contributed by atoms with Gasteiger partial charge in [-0.05, 0) is 51.2 Å². The second-order valence-electron chi connectivity index (χ2n) is 7.51. The molecule has 0 saturated carbocycles. The van der Waals surface area contributed by atoms with Crippen LogP contribution in [0, 0.1) is 0 Å². The van der Waals surface area contributed by atoms with Gasteiger partial charge in [-0.3, -0.25) is 9.89 Å². The van der Waals surface area contributed by atoms with Gasteiger partial charge in [-0.1, -0.05) is 24.3 Å². The zero-order chi connectivity index (χ0) is 18.8. The molecule has 1 heterocycles. The maximum absolute atomic E-state index is 5.37. The predicted octanol–water partition coefficient (Wildman–Crippen LogP) is 2.81. The highest BCUT2D eigenvalue weighted by molar-refractivity contribution is 5.79. The number of benzene rings is 1. The third-order valence-corrected chi connectivity index (χ3v) is 5.11. The highest BCUT2D eigenvalue weighted by Crippen LogP contribution is 2.24. The van der Waals surface area contributed by atoms with E-state index in [-0.39, 0.29) is 5.54 Å². The molecule has 0 atom stereocenters. The van der Waals surface area contributed by atoms with Crippen LogP contribution in [0.1, 0.15) is 44.7 Å². The fourth-order valence-corrected chi connectivity index (χ4v) is 3.33. The number of hydrogen-bond acceptors (Lipinski definition) is 3. The second kappa shape index (κ2) is 10.5. The van der Waals surface area contributed by atoms with Crippen molar-refractivity contribution in [3.05, 3.63) is 35.4 Å². The summed E-state index contributed by atoms with van der Waals surface area (Å²) in [5, 5.41) is 6.90. The van der Waals surface area contributed by atoms with Gasteiger partial charge in [-0.25, -0.2) is 0 Å². The second-order valence-corrected chi connectivity index (χ2v) is 7.51. The normalized spacial score (nSPS) is 15.6.